The molecule has 1 spiro atoms. The molecule has 4 saturated heterocycles. The molecule has 44 heavy (non-hydrogen) atoms. The number of aliphatic hydroxyl groups excluding tert-OH is 1. The zero-order chi connectivity index (χ0) is 31.1. The maximum Gasteiger partial charge on any atom is 0.490 e. The van der Waals surface area contributed by atoms with E-state index >= 15 is 0 Å². The predicted octanol–water partition coefficient (Wildman–Crippen LogP) is 3.79. The third-order valence-electron chi connectivity index (χ3n) is 8.89. The molecule has 4 atom stereocenters. The van der Waals surface area contributed by atoms with Crippen LogP contribution in [-0.2, 0) is 14.3 Å². The van der Waals surface area contributed by atoms with Crippen LogP contribution in [-0.4, -0.2) is 101 Å². The first-order valence-electron chi connectivity index (χ1n) is 14.5. The lowest BCUT2D eigenvalue weighted by Gasteiger charge is -2.45. The Morgan fingerprint density at radius 2 is 1.70 bits per heavy atom. The fourth-order valence-corrected chi connectivity index (χ4v) is 6.63. The minimum absolute atomic E-state index is 0.255. The van der Waals surface area contributed by atoms with Crippen LogP contribution in [0, 0.1) is 5.41 Å². The highest BCUT2D eigenvalue weighted by Crippen LogP contribution is 2.41. The van der Waals surface area contributed by atoms with Gasteiger partial charge in [-0.2, -0.15) is 18.2 Å². The number of anilines is 1. The van der Waals surface area contributed by atoms with E-state index in [4.69, 9.17) is 40.7 Å². The standard InChI is InChI=1S/C27H32ClN5O4.C2HF3O2/c28-18-13-19-25(32-26(30-19)37-21-15-36-23-20(34)14-35-24(21)23)31-22(18)16-1-3-17(4-2-16)33-11-7-27(8-12-33)5-9-29-10-6-27;3-2(4,5)1(6)7/h1-4,13,20-21,23-24,29,34H,5-12,14-15H2,(H,30,31,32);(H,6,7)/t20-,21-,23-,24-;/m1./s1. The van der Waals surface area contributed by atoms with E-state index in [1.54, 1.807) is 0 Å². The number of aliphatic carboxylic acids is 1. The van der Waals surface area contributed by atoms with E-state index in [-0.39, 0.29) is 24.9 Å². The molecule has 0 amide bonds. The van der Waals surface area contributed by atoms with Gasteiger partial charge >= 0.3 is 12.1 Å². The van der Waals surface area contributed by atoms with Crippen LogP contribution in [0.5, 0.6) is 6.01 Å². The van der Waals surface area contributed by atoms with Crippen molar-refractivity contribution in [3.05, 3.63) is 35.4 Å². The second-order valence-electron chi connectivity index (χ2n) is 11.6. The second-order valence-corrected chi connectivity index (χ2v) is 12.0. The number of H-pyrrole nitrogens is 1. The number of hydrogen-bond donors (Lipinski definition) is 4. The fraction of sp³-hybridized carbons (Fsp3) is 0.552. The van der Waals surface area contributed by atoms with Crippen LogP contribution in [0.3, 0.4) is 0 Å². The normalized spacial score (nSPS) is 26.3. The van der Waals surface area contributed by atoms with E-state index in [1.165, 1.54) is 31.4 Å². The molecule has 4 aliphatic heterocycles. The molecular weight excluding hydrogens is 607 g/mol. The number of alkyl halides is 3. The molecule has 6 heterocycles. The molecule has 0 unspecified atom stereocenters. The molecule has 11 nitrogen and oxygen atoms in total. The predicted molar refractivity (Wildman–Crippen MR) is 154 cm³/mol. The first kappa shape index (κ1) is 30.8. The summed E-state index contributed by atoms with van der Waals surface area (Å²) in [4.78, 5) is 23.8. The molecule has 4 N–H and O–H groups in total. The molecular formula is C29H33ClF3N5O6. The molecule has 0 bridgehead atoms. The zero-order valence-electron chi connectivity index (χ0n) is 23.6. The molecule has 0 radical (unpaired) electrons. The molecule has 3 aromatic rings. The van der Waals surface area contributed by atoms with Crippen LogP contribution < -0.4 is 15.0 Å². The molecule has 15 heteroatoms. The highest BCUT2D eigenvalue weighted by atomic mass is 35.5. The SMILES string of the molecule is O=C(O)C(F)(F)F.O[C@@H]1CO[C@H]2[C@@H]1OC[C@H]2Oc1nc2nc(-c3ccc(N4CCC5(CCNCC5)CC4)cc3)c(Cl)cc2[nH]1. The van der Waals surface area contributed by atoms with Crippen molar-refractivity contribution in [2.45, 2.75) is 56.3 Å². The van der Waals surface area contributed by atoms with Crippen molar-refractivity contribution in [3.63, 3.8) is 0 Å². The second kappa shape index (κ2) is 12.3. The minimum atomic E-state index is -5.08. The smallest absolute Gasteiger partial charge is 0.475 e. The van der Waals surface area contributed by atoms with Gasteiger partial charge in [0.2, 0.25) is 0 Å². The highest BCUT2D eigenvalue weighted by Gasteiger charge is 2.48. The summed E-state index contributed by atoms with van der Waals surface area (Å²) >= 11 is 6.64. The van der Waals surface area contributed by atoms with Gasteiger partial charge in [0.25, 0.3) is 6.01 Å². The number of aromatic nitrogens is 3. The number of carboxylic acids is 1. The Hall–Kier alpha value is -3.17. The van der Waals surface area contributed by atoms with Crippen molar-refractivity contribution in [3.8, 4) is 17.3 Å². The van der Waals surface area contributed by atoms with Crippen molar-refractivity contribution in [2.75, 3.05) is 44.3 Å². The largest absolute Gasteiger partial charge is 0.490 e. The van der Waals surface area contributed by atoms with Crippen molar-refractivity contribution in [2.24, 2.45) is 5.41 Å². The van der Waals surface area contributed by atoms with E-state index in [9.17, 15) is 18.3 Å². The van der Waals surface area contributed by atoms with Gasteiger partial charge in [0, 0.05) is 24.3 Å². The summed E-state index contributed by atoms with van der Waals surface area (Å²) in [7, 11) is 0. The number of pyridine rings is 1. The summed E-state index contributed by atoms with van der Waals surface area (Å²) in [6, 6.07) is 10.7. The van der Waals surface area contributed by atoms with Crippen molar-refractivity contribution < 1.29 is 42.4 Å². The van der Waals surface area contributed by atoms with Gasteiger partial charge < -0.3 is 39.6 Å². The molecule has 4 fully saturated rings. The van der Waals surface area contributed by atoms with Crippen molar-refractivity contribution in [1.29, 1.82) is 0 Å². The van der Waals surface area contributed by atoms with Crippen molar-refractivity contribution in [1.82, 2.24) is 20.3 Å². The monoisotopic (exact) mass is 639 g/mol. The van der Waals surface area contributed by atoms with Gasteiger partial charge in [0.1, 0.15) is 18.3 Å². The summed E-state index contributed by atoms with van der Waals surface area (Å²) in [5.41, 5.74) is 4.66. The van der Waals surface area contributed by atoms with Crippen LogP contribution in [0.2, 0.25) is 5.02 Å². The number of imidazole rings is 1. The quantitative estimate of drug-likeness (QED) is 0.333. The number of piperidine rings is 2. The van der Waals surface area contributed by atoms with E-state index in [0.29, 0.717) is 39.9 Å². The Morgan fingerprint density at radius 3 is 2.36 bits per heavy atom. The molecule has 0 saturated carbocycles. The number of carbonyl (C=O) groups is 1. The van der Waals surface area contributed by atoms with Crippen LogP contribution >= 0.6 is 11.6 Å². The van der Waals surface area contributed by atoms with E-state index in [1.807, 2.05) is 6.07 Å². The topological polar surface area (TPSA) is 142 Å². The highest BCUT2D eigenvalue weighted by molar-refractivity contribution is 6.33. The number of benzene rings is 1. The molecule has 7 rings (SSSR count). The van der Waals surface area contributed by atoms with Gasteiger partial charge in [0.05, 0.1) is 29.4 Å². The maximum atomic E-state index is 10.6. The minimum Gasteiger partial charge on any atom is -0.475 e. The Balaban J connectivity index is 0.000000441. The van der Waals surface area contributed by atoms with E-state index < -0.39 is 18.2 Å². The average molecular weight is 640 g/mol. The molecule has 4 aliphatic rings. The van der Waals surface area contributed by atoms with Gasteiger partial charge in [-0.25, -0.2) is 9.78 Å². The van der Waals surface area contributed by atoms with Crippen LogP contribution in [0.4, 0.5) is 18.9 Å². The Kier molecular flexibility index (Phi) is 8.63. The number of carboxylic acid groups (broad SMARTS) is 1. The molecule has 2 aromatic heterocycles. The Labute approximate surface area is 255 Å². The lowest BCUT2D eigenvalue weighted by molar-refractivity contribution is -0.192. The summed E-state index contributed by atoms with van der Waals surface area (Å²) in [5, 5.41) is 21.1. The number of hydrogen-bond acceptors (Lipinski definition) is 9. The maximum absolute atomic E-state index is 10.6. The fourth-order valence-electron chi connectivity index (χ4n) is 6.37. The van der Waals surface area contributed by atoms with Gasteiger partial charge in [-0.3, -0.25) is 0 Å². The average Bonchev–Trinajstić information content (AvgIpc) is 3.70. The summed E-state index contributed by atoms with van der Waals surface area (Å²) in [6.07, 6.45) is -1.56. The molecule has 0 aliphatic carbocycles. The van der Waals surface area contributed by atoms with E-state index in [2.05, 4.69) is 44.5 Å². The number of rotatable bonds is 4. The summed E-state index contributed by atoms with van der Waals surface area (Å²) in [6.45, 7) is 5.13. The Bertz CT molecular complexity index is 1470. The van der Waals surface area contributed by atoms with E-state index in [0.717, 1.165) is 31.7 Å². The number of aromatic amines is 1. The number of nitrogens with zero attached hydrogens (tertiary/aromatic N) is 3. The number of aliphatic hydroxyl groups is 1. The number of nitrogens with one attached hydrogen (secondary N) is 2. The van der Waals surface area contributed by atoms with Crippen molar-refractivity contribution >= 4 is 34.4 Å². The number of ether oxygens (including phenoxy) is 3. The van der Waals surface area contributed by atoms with Gasteiger partial charge in [-0.1, -0.05) is 23.7 Å². The Morgan fingerprint density at radius 1 is 1.05 bits per heavy atom. The third kappa shape index (κ3) is 6.45. The number of halogens is 4. The van der Waals surface area contributed by atoms with Gasteiger partial charge in [0.15, 0.2) is 11.8 Å². The lowest BCUT2D eigenvalue weighted by atomic mass is 9.71. The first-order chi connectivity index (χ1) is 21.0. The first-order valence-corrected chi connectivity index (χ1v) is 14.9. The van der Waals surface area contributed by atoms with Crippen LogP contribution in [0.1, 0.15) is 25.7 Å². The summed E-state index contributed by atoms with van der Waals surface area (Å²) < 4.78 is 49.0. The third-order valence-corrected chi connectivity index (χ3v) is 9.17. The number of fused-ring (bicyclic) bond motifs is 2. The lowest BCUT2D eigenvalue weighted by Crippen LogP contribution is -2.45. The zero-order valence-corrected chi connectivity index (χ0v) is 24.4. The molecule has 238 valence electrons. The van der Waals surface area contributed by atoms with Crippen LogP contribution in [0.15, 0.2) is 30.3 Å². The van der Waals surface area contributed by atoms with Crippen LogP contribution in [0.25, 0.3) is 22.4 Å². The summed E-state index contributed by atoms with van der Waals surface area (Å²) in [5.74, 6) is -2.76. The van der Waals surface area contributed by atoms with Gasteiger partial charge in [-0.05, 0) is 62.4 Å². The molecule has 1 aromatic carbocycles. The van der Waals surface area contributed by atoms with Gasteiger partial charge in [-0.15, -0.1) is 0 Å².